The number of carbonyl (C=O) groups is 2. The number of non-ortho nitro benzene ring substituents is 1. The molecule has 0 saturated carbocycles. The van der Waals surface area contributed by atoms with Crippen molar-refractivity contribution in [3.8, 4) is 0 Å². The summed E-state index contributed by atoms with van der Waals surface area (Å²) in [5, 5.41) is 12.5. The average Bonchev–Trinajstić information content (AvgIpc) is 3.07. The van der Waals surface area contributed by atoms with Crippen LogP contribution in [0.3, 0.4) is 0 Å². The average molecular weight is 942 g/mol. The Hall–Kier alpha value is -5.58. The highest BCUT2D eigenvalue weighted by atomic mass is 32.2. The smallest absolute Gasteiger partial charge is 0.295 e. The van der Waals surface area contributed by atoms with Crippen molar-refractivity contribution in [3.63, 3.8) is 0 Å². The molecule has 25 nitrogen and oxygen atoms in total. The Balaban J connectivity index is 1.72. The van der Waals surface area contributed by atoms with Crippen LogP contribution in [-0.4, -0.2) is 94.6 Å². The normalized spacial score (nSPS) is 13.0. The van der Waals surface area contributed by atoms with Crippen LogP contribution in [0.25, 0.3) is 21.5 Å². The minimum atomic E-state index is -5.53. The van der Waals surface area contributed by atoms with Crippen LogP contribution in [0.15, 0.2) is 96.1 Å². The van der Waals surface area contributed by atoms with Gasteiger partial charge in [-0.15, -0.1) is 0 Å². The van der Waals surface area contributed by atoms with Crippen LogP contribution in [0.1, 0.15) is 20.7 Å². The first-order valence-corrected chi connectivity index (χ1v) is 23.3. The molecule has 0 unspecified atom stereocenters. The van der Waals surface area contributed by atoms with Gasteiger partial charge in [-0.2, -0.15) is 50.5 Å². The van der Waals surface area contributed by atoms with Gasteiger partial charge in [-0.3, -0.25) is 47.0 Å². The summed E-state index contributed by atoms with van der Waals surface area (Å²) in [6, 6.07) is 4.61. The summed E-state index contributed by atoms with van der Waals surface area (Å²) in [6.07, 6.45) is 0. The summed E-state index contributed by atoms with van der Waals surface area (Å²) in [4.78, 5) is 30.5. The molecule has 8 N–H and O–H groups in total. The molecule has 0 aliphatic carbocycles. The van der Waals surface area contributed by atoms with E-state index in [1.54, 1.807) is 0 Å². The van der Waals surface area contributed by atoms with Crippen molar-refractivity contribution in [2.24, 2.45) is 0 Å². The van der Waals surface area contributed by atoms with Gasteiger partial charge in [-0.05, 0) is 65.4 Å². The molecule has 0 bridgehead atoms. The van der Waals surface area contributed by atoms with Gasteiger partial charge in [0.05, 0.1) is 35.9 Å². The third kappa shape index (κ3) is 9.50. The van der Waals surface area contributed by atoms with E-state index >= 15 is 0 Å². The first kappa shape index (κ1) is 44.5. The Kier molecular flexibility index (Phi) is 11.0. The van der Waals surface area contributed by atoms with Gasteiger partial charge in [0.2, 0.25) is 0 Å². The summed E-state index contributed by atoms with van der Waals surface area (Å²) in [5.74, 6) is -3.14. The Labute approximate surface area is 329 Å². The van der Waals surface area contributed by atoms with Gasteiger partial charge in [-0.25, -0.2) is 0 Å². The molecule has 314 valence electrons. The number of amides is 2. The number of hydrogen-bond acceptors (Lipinski definition) is 16. The van der Waals surface area contributed by atoms with Crippen LogP contribution < -0.4 is 10.6 Å². The van der Waals surface area contributed by atoms with Crippen LogP contribution in [0.5, 0.6) is 0 Å². The molecule has 59 heavy (non-hydrogen) atoms. The molecule has 5 rings (SSSR count). The zero-order valence-electron chi connectivity index (χ0n) is 28.0. The van der Waals surface area contributed by atoms with E-state index in [1.807, 2.05) is 10.6 Å². The molecule has 5 aromatic carbocycles. The van der Waals surface area contributed by atoms with E-state index in [9.17, 15) is 97.5 Å². The quantitative estimate of drug-likeness (QED) is 0.0532. The van der Waals surface area contributed by atoms with E-state index < -0.39 is 157 Å². The lowest BCUT2D eigenvalue weighted by Crippen LogP contribution is -2.18. The molecule has 0 heterocycles. The fourth-order valence-electron chi connectivity index (χ4n) is 5.41. The van der Waals surface area contributed by atoms with Crippen molar-refractivity contribution in [3.05, 3.63) is 88.0 Å². The van der Waals surface area contributed by atoms with Gasteiger partial charge >= 0.3 is 0 Å². The fourth-order valence-corrected chi connectivity index (χ4v) is 9.26. The Morgan fingerprint density at radius 3 is 0.983 bits per heavy atom. The Morgan fingerprint density at radius 1 is 0.441 bits per heavy atom. The maximum Gasteiger partial charge on any atom is 0.295 e. The highest BCUT2D eigenvalue weighted by Crippen LogP contribution is 2.38. The number of nitro benzene ring substituents is 1. The number of fused-ring (bicyclic) bond motifs is 2. The first-order chi connectivity index (χ1) is 26.7. The van der Waals surface area contributed by atoms with Crippen molar-refractivity contribution >= 4 is 111 Å². The van der Waals surface area contributed by atoms with Gasteiger partial charge in [0.1, 0.15) is 9.79 Å². The summed E-state index contributed by atoms with van der Waals surface area (Å²) in [6.45, 7) is 0. The maximum atomic E-state index is 13.6. The van der Waals surface area contributed by atoms with E-state index in [4.69, 9.17) is 0 Å². The monoisotopic (exact) mass is 941 g/mol. The number of hydrogen-bond donors (Lipinski definition) is 8. The number of nitrogens with zero attached hydrogens (tertiary/aromatic N) is 1. The third-order valence-corrected chi connectivity index (χ3v) is 12.9. The van der Waals surface area contributed by atoms with Crippen LogP contribution >= 0.6 is 0 Å². The number of anilines is 2. The molecule has 0 aliphatic heterocycles. The fraction of sp³-hybridized carbons (Fsp3) is 0. The third-order valence-electron chi connectivity index (χ3n) is 7.82. The van der Waals surface area contributed by atoms with Gasteiger partial charge in [0, 0.05) is 34.0 Å². The molecule has 2 amide bonds. The molecular formula is C28H19N3O22S6. The molecular weight excluding hydrogens is 923 g/mol. The molecule has 5 aromatic rings. The second-order valence-corrected chi connectivity index (χ2v) is 20.2. The SMILES string of the molecule is O=C(Nc1cc(S(=O)(=O)O)cc2cc(S(=O)(=O)O)cc(S(=O)(=O)O)c12)c1cc(C(=O)Nc2cc(S(=O)(=O)O)cc3cc(S(=O)(=O)O)cc(S(=O)(=O)O)c23)cc([N+](=O)[O-])c1. The highest BCUT2D eigenvalue weighted by molar-refractivity contribution is 7.87. The second kappa shape index (κ2) is 14.6. The van der Waals surface area contributed by atoms with Crippen molar-refractivity contribution in [1.29, 1.82) is 0 Å². The van der Waals surface area contributed by atoms with E-state index in [1.165, 1.54) is 0 Å². The first-order valence-electron chi connectivity index (χ1n) is 14.7. The van der Waals surface area contributed by atoms with Gasteiger partial charge < -0.3 is 10.6 Å². The van der Waals surface area contributed by atoms with Crippen molar-refractivity contribution in [2.45, 2.75) is 29.4 Å². The lowest BCUT2D eigenvalue weighted by Gasteiger charge is -2.16. The van der Waals surface area contributed by atoms with Gasteiger partial charge in [0.15, 0.2) is 0 Å². The molecule has 0 aromatic heterocycles. The second-order valence-electron chi connectivity index (χ2n) is 11.8. The Bertz CT molecular complexity index is 3210. The minimum Gasteiger partial charge on any atom is -0.321 e. The van der Waals surface area contributed by atoms with E-state index in [2.05, 4.69) is 0 Å². The highest BCUT2D eigenvalue weighted by Gasteiger charge is 2.29. The van der Waals surface area contributed by atoms with Crippen LogP contribution in [0.4, 0.5) is 17.1 Å². The summed E-state index contributed by atoms with van der Waals surface area (Å²) >= 11 is 0. The number of benzene rings is 5. The minimum absolute atomic E-state index is 0.198. The molecule has 0 fully saturated rings. The zero-order chi connectivity index (χ0) is 44.6. The summed E-state index contributed by atoms with van der Waals surface area (Å²) < 4.78 is 203. The number of nitro groups is 1. The molecule has 0 radical (unpaired) electrons. The van der Waals surface area contributed by atoms with Crippen molar-refractivity contribution in [2.75, 3.05) is 10.6 Å². The van der Waals surface area contributed by atoms with Crippen LogP contribution in [-0.2, 0) is 60.7 Å². The Morgan fingerprint density at radius 2 is 0.729 bits per heavy atom. The molecule has 0 saturated heterocycles. The van der Waals surface area contributed by atoms with Crippen molar-refractivity contribution < 1.29 is 92.3 Å². The lowest BCUT2D eigenvalue weighted by molar-refractivity contribution is -0.384. The van der Waals surface area contributed by atoms with Crippen LogP contribution in [0, 0.1) is 10.1 Å². The predicted octanol–water partition coefficient (Wildman–Crippen LogP) is 1.89. The molecule has 31 heteroatoms. The van der Waals surface area contributed by atoms with E-state index in [0.717, 1.165) is 0 Å². The van der Waals surface area contributed by atoms with Gasteiger partial charge in [-0.1, -0.05) is 0 Å². The molecule has 0 spiro atoms. The van der Waals surface area contributed by atoms with E-state index in [-0.39, 0.29) is 12.1 Å². The molecule has 0 aliphatic rings. The van der Waals surface area contributed by atoms with Crippen LogP contribution in [0.2, 0.25) is 0 Å². The standard InChI is InChI=1S/C28H19N3O22S6/c32-27(29-21-8-17(54(36,37)38)4-12-6-19(56(42,43)44)10-23(25(12)21)58(48,49)50)14-1-15(3-16(2-14)31(34)35)28(33)30-22-9-18(55(39,40)41)5-13-7-20(57(45,46)47)11-24(26(13)22)59(51,52)53/h1-11H,(H,29,32)(H,30,33)(H,36,37,38)(H,39,40,41)(H,42,43,44)(H,45,46,47)(H,48,49,50)(H,51,52,53). The number of nitrogens with one attached hydrogen (secondary N) is 2. The number of rotatable bonds is 11. The van der Waals surface area contributed by atoms with Gasteiger partial charge in [0.25, 0.3) is 78.2 Å². The molecule has 0 atom stereocenters. The zero-order valence-corrected chi connectivity index (χ0v) is 32.9. The summed E-state index contributed by atoms with van der Waals surface area (Å²) in [7, 11) is -32.2. The van der Waals surface area contributed by atoms with E-state index in [0.29, 0.717) is 54.6 Å². The van der Waals surface area contributed by atoms with Crippen molar-refractivity contribution in [1.82, 2.24) is 0 Å². The maximum absolute atomic E-state index is 13.6. The predicted molar refractivity (Wildman–Crippen MR) is 196 cm³/mol. The number of carbonyl (C=O) groups excluding carboxylic acids is 2. The summed E-state index contributed by atoms with van der Waals surface area (Å²) in [5.41, 5.74) is -4.81. The largest absolute Gasteiger partial charge is 0.321 e. The lowest BCUT2D eigenvalue weighted by atomic mass is 10.1. The topological polar surface area (TPSA) is 428 Å².